The van der Waals surface area contributed by atoms with Gasteiger partial charge in [0.2, 0.25) is 0 Å². The summed E-state index contributed by atoms with van der Waals surface area (Å²) in [5.41, 5.74) is 0. The van der Waals surface area contributed by atoms with Gasteiger partial charge in [-0.05, 0) is 31.6 Å². The van der Waals surface area contributed by atoms with Crippen LogP contribution in [-0.2, 0) is 0 Å². The Morgan fingerprint density at radius 1 is 1.29 bits per heavy atom. The standard InChI is InChI=1S/C10H16Cl4/c11-6-4-9(12)7-8-3-1-2-5-10(8,13)14/h8-9H,1-7H2. The van der Waals surface area contributed by atoms with Crippen molar-refractivity contribution in [2.24, 2.45) is 5.92 Å². The monoisotopic (exact) mass is 276 g/mol. The molecular formula is C10H16Cl4. The van der Waals surface area contributed by atoms with Crippen LogP contribution in [-0.4, -0.2) is 15.6 Å². The van der Waals surface area contributed by atoms with Crippen molar-refractivity contribution in [2.75, 3.05) is 5.88 Å². The van der Waals surface area contributed by atoms with Gasteiger partial charge in [-0.2, -0.15) is 0 Å². The van der Waals surface area contributed by atoms with Crippen molar-refractivity contribution >= 4 is 46.4 Å². The van der Waals surface area contributed by atoms with E-state index >= 15 is 0 Å². The zero-order valence-corrected chi connectivity index (χ0v) is 11.1. The highest BCUT2D eigenvalue weighted by molar-refractivity contribution is 6.48. The van der Waals surface area contributed by atoms with Crippen LogP contribution >= 0.6 is 46.4 Å². The van der Waals surface area contributed by atoms with Crippen LogP contribution in [0, 0.1) is 5.92 Å². The molecule has 0 radical (unpaired) electrons. The Kier molecular flexibility index (Phi) is 5.70. The molecule has 14 heavy (non-hydrogen) atoms. The lowest BCUT2D eigenvalue weighted by Gasteiger charge is -2.35. The third kappa shape index (κ3) is 3.96. The minimum absolute atomic E-state index is 0.118. The topological polar surface area (TPSA) is 0 Å². The fourth-order valence-electron chi connectivity index (χ4n) is 2.00. The van der Waals surface area contributed by atoms with E-state index in [1.165, 1.54) is 6.42 Å². The van der Waals surface area contributed by atoms with Gasteiger partial charge in [0, 0.05) is 11.3 Å². The lowest BCUT2D eigenvalue weighted by atomic mass is 9.84. The Hall–Kier alpha value is 1.16. The molecule has 4 heteroatoms. The molecule has 0 nitrogen and oxygen atoms in total. The van der Waals surface area contributed by atoms with Crippen LogP contribution in [0.5, 0.6) is 0 Å². The molecule has 0 aliphatic heterocycles. The Bertz CT molecular complexity index is 170. The first-order chi connectivity index (χ1) is 6.56. The molecule has 0 aromatic heterocycles. The Labute approximate surface area is 106 Å². The van der Waals surface area contributed by atoms with Crippen LogP contribution in [0.4, 0.5) is 0 Å². The summed E-state index contributed by atoms with van der Waals surface area (Å²) >= 11 is 24.3. The molecule has 1 aliphatic rings. The van der Waals surface area contributed by atoms with Gasteiger partial charge in [0.1, 0.15) is 4.33 Å². The average molecular weight is 278 g/mol. The lowest BCUT2D eigenvalue weighted by Crippen LogP contribution is -2.31. The Morgan fingerprint density at radius 3 is 2.57 bits per heavy atom. The van der Waals surface area contributed by atoms with Gasteiger partial charge in [-0.1, -0.05) is 12.8 Å². The van der Waals surface area contributed by atoms with E-state index in [1.54, 1.807) is 0 Å². The van der Waals surface area contributed by atoms with E-state index in [1.807, 2.05) is 0 Å². The summed E-state index contributed by atoms with van der Waals surface area (Å²) < 4.78 is -0.558. The molecule has 0 saturated heterocycles. The van der Waals surface area contributed by atoms with E-state index < -0.39 is 4.33 Å². The summed E-state index contributed by atoms with van der Waals surface area (Å²) in [6, 6.07) is 0. The third-order valence-corrected chi connectivity index (χ3v) is 4.48. The molecule has 1 saturated carbocycles. The molecule has 0 bridgehead atoms. The summed E-state index contributed by atoms with van der Waals surface area (Å²) in [5.74, 6) is 0.948. The van der Waals surface area contributed by atoms with Gasteiger partial charge in [0.25, 0.3) is 0 Å². The van der Waals surface area contributed by atoms with Crippen molar-refractivity contribution in [1.29, 1.82) is 0 Å². The van der Waals surface area contributed by atoms with Crippen molar-refractivity contribution in [3.8, 4) is 0 Å². The van der Waals surface area contributed by atoms with Crippen LogP contribution in [0.15, 0.2) is 0 Å². The number of alkyl halides is 4. The lowest BCUT2D eigenvalue weighted by molar-refractivity contribution is 0.313. The van der Waals surface area contributed by atoms with Crippen molar-refractivity contribution in [3.05, 3.63) is 0 Å². The van der Waals surface area contributed by atoms with E-state index in [0.29, 0.717) is 11.8 Å². The first-order valence-electron chi connectivity index (χ1n) is 5.14. The van der Waals surface area contributed by atoms with E-state index in [0.717, 1.165) is 32.1 Å². The molecular weight excluding hydrogens is 262 g/mol. The van der Waals surface area contributed by atoms with Gasteiger partial charge >= 0.3 is 0 Å². The Morgan fingerprint density at radius 2 is 2.00 bits per heavy atom. The largest absolute Gasteiger partial charge is 0.127 e. The second kappa shape index (κ2) is 6.03. The minimum atomic E-state index is -0.558. The molecule has 0 aromatic carbocycles. The van der Waals surface area contributed by atoms with Crippen molar-refractivity contribution in [3.63, 3.8) is 0 Å². The van der Waals surface area contributed by atoms with E-state index in [2.05, 4.69) is 0 Å². The van der Waals surface area contributed by atoms with E-state index in [4.69, 9.17) is 46.4 Å². The highest BCUT2D eigenvalue weighted by Gasteiger charge is 2.37. The first-order valence-corrected chi connectivity index (χ1v) is 6.87. The molecule has 1 rings (SSSR count). The van der Waals surface area contributed by atoms with Gasteiger partial charge in [-0.25, -0.2) is 0 Å². The van der Waals surface area contributed by atoms with Crippen LogP contribution < -0.4 is 0 Å². The van der Waals surface area contributed by atoms with E-state index in [9.17, 15) is 0 Å². The number of rotatable bonds is 4. The second-order valence-electron chi connectivity index (χ2n) is 4.01. The summed E-state index contributed by atoms with van der Waals surface area (Å²) in [5, 5.41) is 0.118. The third-order valence-electron chi connectivity index (χ3n) is 2.87. The smallest absolute Gasteiger partial charge is 0.121 e. The maximum atomic E-state index is 6.26. The minimum Gasteiger partial charge on any atom is -0.127 e. The fraction of sp³-hybridized carbons (Fsp3) is 1.00. The van der Waals surface area contributed by atoms with Crippen molar-refractivity contribution in [1.82, 2.24) is 0 Å². The van der Waals surface area contributed by atoms with Crippen LogP contribution in [0.3, 0.4) is 0 Å². The summed E-state index contributed by atoms with van der Waals surface area (Å²) in [6.45, 7) is 0. The molecule has 1 aliphatic carbocycles. The number of halogens is 4. The fourth-order valence-corrected chi connectivity index (χ4v) is 3.36. The zero-order chi connectivity index (χ0) is 10.6. The normalized spacial score (nSPS) is 28.7. The van der Waals surface area contributed by atoms with Gasteiger partial charge in [-0.3, -0.25) is 0 Å². The van der Waals surface area contributed by atoms with Crippen LogP contribution in [0.2, 0.25) is 0 Å². The van der Waals surface area contributed by atoms with Gasteiger partial charge in [-0.15, -0.1) is 46.4 Å². The van der Waals surface area contributed by atoms with Crippen LogP contribution in [0.25, 0.3) is 0 Å². The van der Waals surface area contributed by atoms with Gasteiger partial charge < -0.3 is 0 Å². The molecule has 1 fully saturated rings. The summed E-state index contributed by atoms with van der Waals surface area (Å²) in [4.78, 5) is 0. The maximum Gasteiger partial charge on any atom is 0.121 e. The molecule has 84 valence electrons. The van der Waals surface area contributed by atoms with Crippen molar-refractivity contribution < 1.29 is 0 Å². The van der Waals surface area contributed by atoms with E-state index in [-0.39, 0.29) is 5.38 Å². The Balaban J connectivity index is 2.41. The maximum absolute atomic E-state index is 6.26. The first kappa shape index (κ1) is 13.2. The molecule has 2 atom stereocenters. The highest BCUT2D eigenvalue weighted by atomic mass is 35.5. The van der Waals surface area contributed by atoms with Gasteiger partial charge in [0.05, 0.1) is 0 Å². The highest BCUT2D eigenvalue weighted by Crippen LogP contribution is 2.45. The van der Waals surface area contributed by atoms with Gasteiger partial charge in [0.15, 0.2) is 0 Å². The predicted molar refractivity (Wildman–Crippen MR) is 66.0 cm³/mol. The quantitative estimate of drug-likeness (QED) is 0.636. The molecule has 0 amide bonds. The molecule has 0 heterocycles. The molecule has 0 N–H and O–H groups in total. The van der Waals surface area contributed by atoms with Crippen molar-refractivity contribution in [2.45, 2.75) is 48.2 Å². The molecule has 0 spiro atoms. The number of hydrogen-bond acceptors (Lipinski definition) is 0. The average Bonchev–Trinajstić information content (AvgIpc) is 2.09. The molecule has 0 aromatic rings. The van der Waals surface area contributed by atoms with Crippen LogP contribution in [0.1, 0.15) is 38.5 Å². The molecule has 2 unspecified atom stereocenters. The zero-order valence-electron chi connectivity index (χ0n) is 8.12. The summed E-state index contributed by atoms with van der Waals surface area (Å²) in [7, 11) is 0. The summed E-state index contributed by atoms with van der Waals surface area (Å²) in [6.07, 6.45) is 6.07. The second-order valence-corrected chi connectivity index (χ2v) is 6.55. The SMILES string of the molecule is ClCCC(Cl)CC1CCCCC1(Cl)Cl. The predicted octanol–water partition coefficient (Wildman–Crippen LogP) is 4.98. The number of hydrogen-bond donors (Lipinski definition) is 0.